The normalized spacial score (nSPS) is 11.8. The third kappa shape index (κ3) is 2.91. The first-order chi connectivity index (χ1) is 10.3. The molecule has 1 heterocycles. The van der Waals surface area contributed by atoms with Crippen molar-refractivity contribution in [2.75, 3.05) is 21.3 Å². The number of hydrogen-bond donors (Lipinski definition) is 2. The summed E-state index contributed by atoms with van der Waals surface area (Å²) in [6.45, 7) is 0. The number of hydrogen-bond acceptors (Lipinski definition) is 6. The number of nitrogens with two attached hydrogens (primary N) is 1. The Bertz CT molecular complexity index is 582. The molecule has 0 aliphatic heterocycles. The van der Waals surface area contributed by atoms with Gasteiger partial charge in [-0.05, 0) is 18.2 Å². The third-order valence-corrected chi connectivity index (χ3v) is 3.27. The fourth-order valence-corrected chi connectivity index (χ4v) is 2.29. The number of hydrazine groups is 1. The average molecular weight is 289 g/mol. The lowest BCUT2D eigenvalue weighted by Gasteiger charge is -2.23. The van der Waals surface area contributed by atoms with Crippen LogP contribution in [0.1, 0.15) is 17.2 Å². The Morgan fingerprint density at radius 3 is 2.14 bits per heavy atom. The quantitative estimate of drug-likeness (QED) is 0.622. The van der Waals surface area contributed by atoms with Crippen LogP contribution in [0.25, 0.3) is 0 Å². The predicted molar refractivity (Wildman–Crippen MR) is 79.5 cm³/mol. The summed E-state index contributed by atoms with van der Waals surface area (Å²) >= 11 is 0. The van der Waals surface area contributed by atoms with Gasteiger partial charge in [0.15, 0.2) is 0 Å². The Hall–Kier alpha value is -2.31. The maximum Gasteiger partial charge on any atom is 0.142 e. The summed E-state index contributed by atoms with van der Waals surface area (Å²) in [6.07, 6.45) is 3.33. The molecule has 0 amide bonds. The lowest BCUT2D eigenvalue weighted by Crippen LogP contribution is -2.30. The molecule has 21 heavy (non-hydrogen) atoms. The minimum Gasteiger partial charge on any atom is -0.496 e. The molecule has 0 saturated heterocycles. The first-order valence-electron chi connectivity index (χ1n) is 6.41. The van der Waals surface area contributed by atoms with Gasteiger partial charge in [-0.15, -0.1) is 0 Å². The molecule has 0 spiro atoms. The smallest absolute Gasteiger partial charge is 0.142 e. The van der Waals surface area contributed by atoms with E-state index >= 15 is 0 Å². The lowest BCUT2D eigenvalue weighted by atomic mass is 9.97. The molecule has 112 valence electrons. The maximum atomic E-state index is 5.77. The molecule has 0 aliphatic rings. The van der Waals surface area contributed by atoms with Crippen molar-refractivity contribution in [3.63, 3.8) is 0 Å². The van der Waals surface area contributed by atoms with Gasteiger partial charge in [0.25, 0.3) is 0 Å². The Kier molecular flexibility index (Phi) is 4.97. The van der Waals surface area contributed by atoms with Crippen LogP contribution in [0.2, 0.25) is 0 Å². The molecule has 1 aromatic carbocycles. The number of nitrogens with one attached hydrogen (secondary N) is 1. The summed E-state index contributed by atoms with van der Waals surface area (Å²) in [5, 5.41) is 0. The van der Waals surface area contributed by atoms with Crippen LogP contribution in [0.4, 0.5) is 0 Å². The molecule has 0 radical (unpaired) electrons. The van der Waals surface area contributed by atoms with E-state index in [1.807, 2.05) is 24.3 Å². The highest BCUT2D eigenvalue weighted by Gasteiger charge is 2.24. The minimum absolute atomic E-state index is 0.353. The zero-order chi connectivity index (χ0) is 15.2. The largest absolute Gasteiger partial charge is 0.496 e. The van der Waals surface area contributed by atoms with Crippen molar-refractivity contribution in [3.8, 4) is 17.2 Å². The Balaban J connectivity index is 2.61. The molecule has 1 aromatic heterocycles. The van der Waals surface area contributed by atoms with Crippen LogP contribution in [0.15, 0.2) is 36.7 Å². The number of benzene rings is 1. The molecule has 0 fully saturated rings. The molecule has 2 aromatic rings. The second-order valence-corrected chi connectivity index (χ2v) is 4.29. The number of aromatic nitrogens is 1. The van der Waals surface area contributed by atoms with Crippen LogP contribution < -0.4 is 25.5 Å². The van der Waals surface area contributed by atoms with Gasteiger partial charge in [0.2, 0.25) is 0 Å². The first kappa shape index (κ1) is 15.1. The molecule has 1 unspecified atom stereocenters. The summed E-state index contributed by atoms with van der Waals surface area (Å²) < 4.78 is 16.2. The van der Waals surface area contributed by atoms with Gasteiger partial charge in [0.1, 0.15) is 17.2 Å². The van der Waals surface area contributed by atoms with E-state index in [1.54, 1.807) is 33.7 Å². The van der Waals surface area contributed by atoms with Crippen LogP contribution in [0.5, 0.6) is 17.2 Å². The molecule has 0 aliphatic carbocycles. The van der Waals surface area contributed by atoms with Gasteiger partial charge < -0.3 is 14.2 Å². The molecular formula is C15H19N3O3. The molecule has 1 atom stereocenters. The van der Waals surface area contributed by atoms with Gasteiger partial charge in [-0.2, -0.15) is 0 Å². The van der Waals surface area contributed by atoms with Gasteiger partial charge in [0.05, 0.1) is 39.1 Å². The summed E-state index contributed by atoms with van der Waals surface area (Å²) in [5.74, 6) is 7.76. The van der Waals surface area contributed by atoms with Crippen molar-refractivity contribution in [2.24, 2.45) is 5.84 Å². The Morgan fingerprint density at radius 1 is 1.00 bits per heavy atom. The van der Waals surface area contributed by atoms with Crippen LogP contribution in [0, 0.1) is 0 Å². The van der Waals surface area contributed by atoms with E-state index in [0.29, 0.717) is 17.2 Å². The van der Waals surface area contributed by atoms with Crippen molar-refractivity contribution in [2.45, 2.75) is 6.04 Å². The molecule has 0 saturated carbocycles. The van der Waals surface area contributed by atoms with Crippen LogP contribution in [0.3, 0.4) is 0 Å². The van der Waals surface area contributed by atoms with E-state index in [0.717, 1.165) is 11.1 Å². The summed E-state index contributed by atoms with van der Waals surface area (Å²) in [5.41, 5.74) is 4.44. The number of pyridine rings is 1. The monoisotopic (exact) mass is 289 g/mol. The zero-order valence-corrected chi connectivity index (χ0v) is 12.3. The first-order valence-corrected chi connectivity index (χ1v) is 6.41. The lowest BCUT2D eigenvalue weighted by molar-refractivity contribution is 0.372. The summed E-state index contributed by atoms with van der Waals surface area (Å²) in [7, 11) is 4.80. The third-order valence-electron chi connectivity index (χ3n) is 3.27. The van der Waals surface area contributed by atoms with Crippen molar-refractivity contribution >= 4 is 0 Å². The van der Waals surface area contributed by atoms with Crippen molar-refractivity contribution < 1.29 is 14.2 Å². The molecular weight excluding hydrogens is 270 g/mol. The Morgan fingerprint density at radius 2 is 1.62 bits per heavy atom. The summed E-state index contributed by atoms with van der Waals surface area (Å²) in [6, 6.07) is 7.06. The van der Waals surface area contributed by atoms with E-state index in [9.17, 15) is 0 Å². The fraction of sp³-hybridized carbons (Fsp3) is 0.267. The van der Waals surface area contributed by atoms with Gasteiger partial charge >= 0.3 is 0 Å². The topological polar surface area (TPSA) is 78.6 Å². The molecule has 6 heteroatoms. The van der Waals surface area contributed by atoms with E-state index < -0.39 is 0 Å². The number of methoxy groups -OCH3 is 3. The highest BCUT2D eigenvalue weighted by molar-refractivity contribution is 5.52. The van der Waals surface area contributed by atoms with Gasteiger partial charge in [-0.25, -0.2) is 5.43 Å². The van der Waals surface area contributed by atoms with Gasteiger partial charge in [0, 0.05) is 11.8 Å². The molecule has 2 rings (SSSR count). The number of ether oxygens (including phenoxy) is 3. The minimum atomic E-state index is -0.353. The van der Waals surface area contributed by atoms with Gasteiger partial charge in [-0.1, -0.05) is 6.07 Å². The van der Waals surface area contributed by atoms with E-state index in [1.165, 1.54) is 0 Å². The van der Waals surface area contributed by atoms with Crippen molar-refractivity contribution in [3.05, 3.63) is 47.8 Å². The van der Waals surface area contributed by atoms with E-state index in [-0.39, 0.29) is 6.04 Å². The zero-order valence-electron chi connectivity index (χ0n) is 12.3. The van der Waals surface area contributed by atoms with Crippen LogP contribution >= 0.6 is 0 Å². The predicted octanol–water partition coefficient (Wildman–Crippen LogP) is 1.66. The van der Waals surface area contributed by atoms with Crippen molar-refractivity contribution in [1.82, 2.24) is 10.4 Å². The van der Waals surface area contributed by atoms with E-state index in [4.69, 9.17) is 20.1 Å². The SMILES string of the molecule is COc1cnccc1C(NN)c1c(OC)cccc1OC. The fourth-order valence-electron chi connectivity index (χ4n) is 2.29. The molecule has 6 nitrogen and oxygen atoms in total. The highest BCUT2D eigenvalue weighted by atomic mass is 16.5. The highest BCUT2D eigenvalue weighted by Crippen LogP contribution is 2.39. The standard InChI is InChI=1S/C15H19N3O3/c1-19-11-5-4-6-12(20-2)14(11)15(18-16)10-7-8-17-9-13(10)21-3/h4-9,15,18H,16H2,1-3H3. The second-order valence-electron chi connectivity index (χ2n) is 4.29. The van der Waals surface area contributed by atoms with Crippen molar-refractivity contribution in [1.29, 1.82) is 0 Å². The Labute approximate surface area is 123 Å². The second kappa shape index (κ2) is 6.92. The average Bonchev–Trinajstić information content (AvgIpc) is 2.56. The van der Waals surface area contributed by atoms with E-state index in [2.05, 4.69) is 10.4 Å². The maximum absolute atomic E-state index is 5.77. The molecule has 0 bridgehead atoms. The van der Waals surface area contributed by atoms with Gasteiger partial charge in [-0.3, -0.25) is 10.8 Å². The molecule has 3 N–H and O–H groups in total. The number of rotatable bonds is 6. The number of nitrogens with zero attached hydrogens (tertiary/aromatic N) is 1. The van der Waals surface area contributed by atoms with Crippen LogP contribution in [-0.4, -0.2) is 26.3 Å². The summed E-state index contributed by atoms with van der Waals surface area (Å²) in [4.78, 5) is 4.06. The van der Waals surface area contributed by atoms with Crippen LogP contribution in [-0.2, 0) is 0 Å².